The number of benzene rings is 1. The van der Waals surface area contributed by atoms with Crippen LogP contribution in [0.4, 0.5) is 5.69 Å². The number of imide groups is 1. The fourth-order valence-corrected chi connectivity index (χ4v) is 3.52. The molecule has 102 valence electrons. The van der Waals surface area contributed by atoms with Crippen LogP contribution >= 0.6 is 0 Å². The van der Waals surface area contributed by atoms with Gasteiger partial charge in [0.2, 0.25) is 11.8 Å². The van der Waals surface area contributed by atoms with Gasteiger partial charge in [0.05, 0.1) is 30.2 Å². The van der Waals surface area contributed by atoms with E-state index in [0.717, 1.165) is 0 Å². The Bertz CT molecular complexity index is 626. The predicted octanol–water partition coefficient (Wildman–Crippen LogP) is 0.492. The molecule has 3 heterocycles. The molecule has 0 spiro atoms. The summed E-state index contributed by atoms with van der Waals surface area (Å²) in [5, 5.41) is 9.59. The fourth-order valence-electron chi connectivity index (χ4n) is 3.52. The molecule has 0 radical (unpaired) electrons. The molecule has 2 fully saturated rings. The van der Waals surface area contributed by atoms with Crippen molar-refractivity contribution in [1.82, 2.24) is 0 Å². The highest BCUT2D eigenvalue weighted by atomic mass is 16.5. The zero-order valence-corrected chi connectivity index (χ0v) is 10.6. The quantitative estimate of drug-likeness (QED) is 0.628. The van der Waals surface area contributed by atoms with E-state index in [-0.39, 0.29) is 18.4 Å². The Morgan fingerprint density at radius 3 is 2.65 bits per heavy atom. The lowest BCUT2D eigenvalue weighted by atomic mass is 9.77. The number of hydrogen-bond acceptors (Lipinski definition) is 4. The molecule has 5 nitrogen and oxygen atoms in total. The van der Waals surface area contributed by atoms with Crippen molar-refractivity contribution in [3.05, 3.63) is 42.5 Å². The third-order valence-electron chi connectivity index (χ3n) is 4.42. The van der Waals surface area contributed by atoms with Crippen LogP contribution in [-0.4, -0.2) is 35.2 Å². The second-order valence-electron chi connectivity index (χ2n) is 5.41. The SMILES string of the molecule is O=C1[C@H]2[C@@H]3C=C[C@](CO)(O3)[C@@H]2C(=O)N1c1ccccc1. The first kappa shape index (κ1) is 11.8. The third-order valence-corrected chi connectivity index (χ3v) is 4.42. The molecule has 1 aromatic carbocycles. The van der Waals surface area contributed by atoms with Crippen LogP contribution in [0.3, 0.4) is 0 Å². The monoisotopic (exact) mass is 271 g/mol. The van der Waals surface area contributed by atoms with Gasteiger partial charge in [0, 0.05) is 0 Å². The third kappa shape index (κ3) is 1.24. The van der Waals surface area contributed by atoms with Gasteiger partial charge < -0.3 is 9.84 Å². The Balaban J connectivity index is 1.79. The van der Waals surface area contributed by atoms with E-state index < -0.39 is 23.5 Å². The highest BCUT2D eigenvalue weighted by Gasteiger charge is 2.67. The highest BCUT2D eigenvalue weighted by Crippen LogP contribution is 2.52. The first-order valence-corrected chi connectivity index (χ1v) is 6.59. The average molecular weight is 271 g/mol. The number of aliphatic hydroxyl groups is 1. The van der Waals surface area contributed by atoms with Gasteiger partial charge in [-0.3, -0.25) is 9.59 Å². The number of nitrogens with zero attached hydrogens (tertiary/aromatic N) is 1. The predicted molar refractivity (Wildman–Crippen MR) is 69.7 cm³/mol. The maximum absolute atomic E-state index is 12.6. The number of para-hydroxylation sites is 1. The molecule has 2 bridgehead atoms. The molecule has 4 rings (SSSR count). The number of rotatable bonds is 2. The molecular weight excluding hydrogens is 258 g/mol. The molecule has 5 heteroatoms. The van der Waals surface area contributed by atoms with Crippen molar-refractivity contribution < 1.29 is 19.4 Å². The van der Waals surface area contributed by atoms with Crippen LogP contribution in [0.15, 0.2) is 42.5 Å². The van der Waals surface area contributed by atoms with Gasteiger partial charge in [0.25, 0.3) is 0 Å². The minimum absolute atomic E-state index is 0.240. The summed E-state index contributed by atoms with van der Waals surface area (Å²) in [5.41, 5.74) is -0.449. The average Bonchev–Trinajstić information content (AvgIpc) is 3.11. The zero-order chi connectivity index (χ0) is 13.9. The Morgan fingerprint density at radius 2 is 1.95 bits per heavy atom. The smallest absolute Gasteiger partial charge is 0.241 e. The summed E-state index contributed by atoms with van der Waals surface area (Å²) in [6, 6.07) is 8.88. The van der Waals surface area contributed by atoms with Gasteiger partial charge in [0.1, 0.15) is 5.60 Å². The maximum atomic E-state index is 12.6. The molecule has 0 saturated carbocycles. The van der Waals surface area contributed by atoms with Crippen LogP contribution in [0.25, 0.3) is 0 Å². The molecule has 0 aliphatic carbocycles. The minimum Gasteiger partial charge on any atom is -0.393 e. The van der Waals surface area contributed by atoms with Gasteiger partial charge >= 0.3 is 0 Å². The standard InChI is InChI=1S/C15H13NO4/c17-8-15-7-6-10(20-15)11-12(15)14(19)16(13(11)18)9-4-2-1-3-5-9/h1-7,10-12,17H,8H2/t10-,11-,12-,15+/m0/s1. The molecule has 2 amide bonds. The normalized spacial score (nSPS) is 37.9. The van der Waals surface area contributed by atoms with Gasteiger partial charge in [-0.15, -0.1) is 0 Å². The molecule has 3 aliphatic rings. The van der Waals surface area contributed by atoms with Gasteiger partial charge in [-0.05, 0) is 12.1 Å². The molecule has 1 aromatic rings. The van der Waals surface area contributed by atoms with Crippen LogP contribution in [-0.2, 0) is 14.3 Å². The molecule has 3 aliphatic heterocycles. The molecule has 4 atom stereocenters. The number of fused-ring (bicyclic) bond motifs is 5. The first-order chi connectivity index (χ1) is 9.68. The van der Waals surface area contributed by atoms with Gasteiger partial charge in [0.15, 0.2) is 0 Å². The topological polar surface area (TPSA) is 66.8 Å². The molecular formula is C15H13NO4. The lowest BCUT2D eigenvalue weighted by Gasteiger charge is -2.26. The Labute approximate surface area is 115 Å². The summed E-state index contributed by atoms with van der Waals surface area (Å²) in [6.45, 7) is -0.289. The molecule has 0 aromatic heterocycles. The molecule has 20 heavy (non-hydrogen) atoms. The lowest BCUT2D eigenvalue weighted by Crippen LogP contribution is -2.43. The molecule has 2 saturated heterocycles. The van der Waals surface area contributed by atoms with Crippen LogP contribution in [0, 0.1) is 11.8 Å². The lowest BCUT2D eigenvalue weighted by molar-refractivity contribution is -0.128. The van der Waals surface area contributed by atoms with Crippen molar-refractivity contribution in [2.24, 2.45) is 11.8 Å². The van der Waals surface area contributed by atoms with Crippen molar-refractivity contribution in [1.29, 1.82) is 0 Å². The summed E-state index contributed by atoms with van der Waals surface area (Å²) in [7, 11) is 0. The van der Waals surface area contributed by atoms with Gasteiger partial charge in [-0.25, -0.2) is 4.90 Å². The van der Waals surface area contributed by atoms with Gasteiger partial charge in [-0.2, -0.15) is 0 Å². The van der Waals surface area contributed by atoms with Crippen LogP contribution < -0.4 is 4.90 Å². The van der Waals surface area contributed by atoms with Crippen LogP contribution in [0.5, 0.6) is 0 Å². The Morgan fingerprint density at radius 1 is 1.20 bits per heavy atom. The van der Waals surface area contributed by atoms with E-state index in [1.807, 2.05) is 6.07 Å². The van der Waals surface area contributed by atoms with Crippen molar-refractivity contribution >= 4 is 17.5 Å². The number of amides is 2. The summed E-state index contributed by atoms with van der Waals surface area (Å²) < 4.78 is 5.67. The van der Waals surface area contributed by atoms with E-state index in [4.69, 9.17) is 4.74 Å². The molecule has 1 N–H and O–H groups in total. The number of hydrogen-bond donors (Lipinski definition) is 1. The second kappa shape index (κ2) is 3.77. The fraction of sp³-hybridized carbons (Fsp3) is 0.333. The van der Waals surface area contributed by atoms with Crippen molar-refractivity contribution in [2.45, 2.75) is 11.7 Å². The maximum Gasteiger partial charge on any atom is 0.241 e. The summed E-state index contributed by atoms with van der Waals surface area (Å²) in [5.74, 6) is -1.65. The highest BCUT2D eigenvalue weighted by molar-refractivity contribution is 6.23. The summed E-state index contributed by atoms with van der Waals surface area (Å²) >= 11 is 0. The van der Waals surface area contributed by atoms with E-state index in [1.54, 1.807) is 36.4 Å². The van der Waals surface area contributed by atoms with Crippen molar-refractivity contribution in [3.8, 4) is 0 Å². The number of aliphatic hydroxyl groups excluding tert-OH is 1. The number of carbonyl (C=O) groups excluding carboxylic acids is 2. The van der Waals surface area contributed by atoms with E-state index in [0.29, 0.717) is 5.69 Å². The number of anilines is 1. The van der Waals surface area contributed by atoms with E-state index in [2.05, 4.69) is 0 Å². The Kier molecular flexibility index (Phi) is 2.23. The van der Waals surface area contributed by atoms with E-state index in [1.165, 1.54) is 4.90 Å². The van der Waals surface area contributed by atoms with Crippen molar-refractivity contribution in [2.75, 3.05) is 11.5 Å². The summed E-state index contributed by atoms with van der Waals surface area (Å²) in [4.78, 5) is 26.4. The number of ether oxygens (including phenoxy) is 1. The van der Waals surface area contributed by atoms with Crippen LogP contribution in [0.1, 0.15) is 0 Å². The van der Waals surface area contributed by atoms with E-state index in [9.17, 15) is 14.7 Å². The van der Waals surface area contributed by atoms with E-state index >= 15 is 0 Å². The first-order valence-electron chi connectivity index (χ1n) is 6.59. The summed E-state index contributed by atoms with van der Waals surface area (Å²) in [6.07, 6.45) is 3.09. The van der Waals surface area contributed by atoms with Crippen molar-refractivity contribution in [3.63, 3.8) is 0 Å². The zero-order valence-electron chi connectivity index (χ0n) is 10.6. The van der Waals surface area contributed by atoms with Gasteiger partial charge in [-0.1, -0.05) is 30.4 Å². The van der Waals surface area contributed by atoms with Crippen LogP contribution in [0.2, 0.25) is 0 Å². The largest absolute Gasteiger partial charge is 0.393 e. The second-order valence-corrected chi connectivity index (χ2v) is 5.41. The molecule has 0 unspecified atom stereocenters. The number of carbonyl (C=O) groups is 2. The Hall–Kier alpha value is -1.98. The minimum atomic E-state index is -1.02.